The summed E-state index contributed by atoms with van der Waals surface area (Å²) < 4.78 is 5.38. The average molecular weight is 452 g/mol. The Bertz CT molecular complexity index is 979. The van der Waals surface area contributed by atoms with Gasteiger partial charge in [-0.3, -0.25) is 14.6 Å². The van der Waals surface area contributed by atoms with Gasteiger partial charge in [0.2, 0.25) is 0 Å². The highest BCUT2D eigenvalue weighted by atomic mass is 16.5. The van der Waals surface area contributed by atoms with E-state index < -0.39 is 5.54 Å². The summed E-state index contributed by atoms with van der Waals surface area (Å²) in [4.78, 5) is 29.8. The van der Waals surface area contributed by atoms with Gasteiger partial charge in [0, 0.05) is 20.0 Å². The normalized spacial score (nSPS) is 31.8. The molecule has 1 unspecified atom stereocenters. The number of likely N-dealkylation sites (N-methyl/N-ethyl adjacent to an activating group) is 1. The molecule has 0 spiro atoms. The molecule has 3 fully saturated rings. The molecule has 1 N–H and O–H groups in total. The third kappa shape index (κ3) is 3.67. The lowest BCUT2D eigenvalue weighted by atomic mass is 9.49. The Balaban J connectivity index is 1.30. The molecule has 1 aromatic rings. The van der Waals surface area contributed by atoms with Crippen LogP contribution in [-0.4, -0.2) is 61.1 Å². The van der Waals surface area contributed by atoms with Gasteiger partial charge in [-0.2, -0.15) is 0 Å². The van der Waals surface area contributed by atoms with Crippen LogP contribution in [0.5, 0.6) is 5.75 Å². The van der Waals surface area contributed by atoms with Gasteiger partial charge < -0.3 is 10.1 Å². The van der Waals surface area contributed by atoms with Crippen LogP contribution < -0.4 is 10.1 Å². The number of hydrogen-bond acceptors (Lipinski definition) is 4. The first-order valence-corrected chi connectivity index (χ1v) is 12.4. The van der Waals surface area contributed by atoms with Crippen molar-refractivity contribution in [3.05, 3.63) is 41.5 Å². The molecule has 0 aromatic heterocycles. The standard InChI is InChI=1S/C27H37N3O3/c1-26(2)21-9-8-19(23(26)15-21)17-30-12-10-20(11-13-30)27(24(31)29(3)25(32)28-27)16-18-6-5-7-22(14-18)33-4/h5-8,14,20-21,23H,9-13,15-17H2,1-4H3,(H,28,32)/t21-,23-,27?/m0/s1. The number of fused-ring (bicyclic) bond motifs is 1. The molecule has 6 nitrogen and oxygen atoms in total. The minimum absolute atomic E-state index is 0.106. The summed E-state index contributed by atoms with van der Waals surface area (Å²) in [6.45, 7) is 7.84. The molecule has 2 heterocycles. The Labute approximate surface area is 197 Å². The monoisotopic (exact) mass is 451 g/mol. The Morgan fingerprint density at radius 3 is 2.52 bits per heavy atom. The van der Waals surface area contributed by atoms with Gasteiger partial charge in [-0.05, 0) is 79.6 Å². The number of carbonyl (C=O) groups excluding carboxylic acids is 2. The molecule has 2 bridgehead atoms. The number of nitrogens with zero attached hydrogens (tertiary/aromatic N) is 2. The first-order chi connectivity index (χ1) is 15.7. The number of hydrogen-bond donors (Lipinski definition) is 1. The van der Waals surface area contributed by atoms with Crippen molar-refractivity contribution in [2.75, 3.05) is 33.8 Å². The van der Waals surface area contributed by atoms with Crippen molar-refractivity contribution in [3.8, 4) is 5.75 Å². The van der Waals surface area contributed by atoms with Gasteiger partial charge in [-0.1, -0.05) is 37.6 Å². The highest BCUT2D eigenvalue weighted by Gasteiger charge is 2.55. The van der Waals surface area contributed by atoms with E-state index in [4.69, 9.17) is 4.74 Å². The maximum Gasteiger partial charge on any atom is 0.324 e. The molecule has 2 aliphatic heterocycles. The van der Waals surface area contributed by atoms with Gasteiger partial charge in [-0.25, -0.2) is 4.79 Å². The van der Waals surface area contributed by atoms with Crippen LogP contribution in [0.3, 0.4) is 0 Å². The van der Waals surface area contributed by atoms with Crippen molar-refractivity contribution in [2.24, 2.45) is 23.2 Å². The number of methoxy groups -OCH3 is 1. The first-order valence-electron chi connectivity index (χ1n) is 12.4. The van der Waals surface area contributed by atoms with Crippen molar-refractivity contribution in [1.82, 2.24) is 15.1 Å². The van der Waals surface area contributed by atoms with Crippen LogP contribution >= 0.6 is 0 Å². The second kappa shape index (κ2) is 8.15. The van der Waals surface area contributed by atoms with Crippen LogP contribution in [0.2, 0.25) is 0 Å². The van der Waals surface area contributed by atoms with Gasteiger partial charge >= 0.3 is 6.03 Å². The van der Waals surface area contributed by atoms with Crippen LogP contribution in [0.15, 0.2) is 35.9 Å². The van der Waals surface area contributed by atoms with E-state index in [0.717, 1.165) is 55.6 Å². The number of carbonyl (C=O) groups is 2. The summed E-state index contributed by atoms with van der Waals surface area (Å²) in [7, 11) is 3.23. The summed E-state index contributed by atoms with van der Waals surface area (Å²) in [6.07, 6.45) is 7.39. The fourth-order valence-corrected chi connectivity index (χ4v) is 6.86. The predicted molar refractivity (Wildman–Crippen MR) is 128 cm³/mol. The highest BCUT2D eigenvalue weighted by molar-refractivity contribution is 6.07. The molecule has 33 heavy (non-hydrogen) atoms. The summed E-state index contributed by atoms with van der Waals surface area (Å²) >= 11 is 0. The summed E-state index contributed by atoms with van der Waals surface area (Å²) in [5.74, 6) is 2.38. The molecule has 2 saturated heterocycles. The first kappa shape index (κ1) is 22.5. The molecule has 6 rings (SSSR count). The molecule has 1 saturated carbocycles. The van der Waals surface area contributed by atoms with Crippen molar-refractivity contribution in [2.45, 2.75) is 51.5 Å². The van der Waals surface area contributed by atoms with Crippen LogP contribution in [-0.2, 0) is 11.2 Å². The second-order valence-electron chi connectivity index (χ2n) is 11.2. The molecule has 0 radical (unpaired) electrons. The number of likely N-dealkylation sites (tertiary alicyclic amines) is 1. The molecular formula is C27H37N3O3. The minimum Gasteiger partial charge on any atom is -0.497 e. The molecule has 178 valence electrons. The van der Waals surface area contributed by atoms with E-state index in [-0.39, 0.29) is 17.9 Å². The summed E-state index contributed by atoms with van der Waals surface area (Å²) in [5.41, 5.74) is 2.21. The van der Waals surface area contributed by atoms with Gasteiger partial charge in [-0.15, -0.1) is 0 Å². The zero-order valence-electron chi connectivity index (χ0n) is 20.4. The molecule has 3 aliphatic carbocycles. The topological polar surface area (TPSA) is 61.9 Å². The van der Waals surface area contributed by atoms with Crippen LogP contribution in [0.4, 0.5) is 4.79 Å². The summed E-state index contributed by atoms with van der Waals surface area (Å²) in [6, 6.07) is 7.54. The minimum atomic E-state index is -0.877. The van der Waals surface area contributed by atoms with Crippen LogP contribution in [0.25, 0.3) is 0 Å². The van der Waals surface area contributed by atoms with E-state index in [1.54, 1.807) is 19.7 Å². The molecule has 1 aromatic carbocycles. The maximum atomic E-state index is 13.4. The highest BCUT2D eigenvalue weighted by Crippen LogP contribution is 2.59. The Morgan fingerprint density at radius 2 is 1.91 bits per heavy atom. The number of benzene rings is 1. The number of ether oxygens (including phenoxy) is 1. The maximum absolute atomic E-state index is 13.4. The SMILES string of the molecule is COc1cccc(CC2(C3CCN(CC4=CC[C@H]5C[C@@H]4C5(C)C)CC3)NC(=O)N(C)C2=O)c1. The van der Waals surface area contributed by atoms with E-state index >= 15 is 0 Å². The summed E-state index contributed by atoms with van der Waals surface area (Å²) in [5, 5.41) is 3.11. The number of allylic oxidation sites excluding steroid dienone is 1. The van der Waals surface area contributed by atoms with Crippen LogP contribution in [0, 0.1) is 23.2 Å². The van der Waals surface area contributed by atoms with Crippen molar-refractivity contribution in [1.29, 1.82) is 0 Å². The van der Waals surface area contributed by atoms with Crippen molar-refractivity contribution < 1.29 is 14.3 Å². The van der Waals surface area contributed by atoms with Gasteiger partial charge in [0.05, 0.1) is 7.11 Å². The van der Waals surface area contributed by atoms with E-state index in [1.165, 1.54) is 17.7 Å². The van der Waals surface area contributed by atoms with Crippen molar-refractivity contribution >= 4 is 11.9 Å². The average Bonchev–Trinajstić information content (AvgIpc) is 3.03. The fourth-order valence-electron chi connectivity index (χ4n) is 6.86. The smallest absolute Gasteiger partial charge is 0.324 e. The Hall–Kier alpha value is -2.34. The van der Waals surface area contributed by atoms with E-state index in [1.807, 2.05) is 24.3 Å². The van der Waals surface area contributed by atoms with Gasteiger partial charge in [0.25, 0.3) is 5.91 Å². The molecule has 3 amide bonds. The predicted octanol–water partition coefficient (Wildman–Crippen LogP) is 3.86. The Morgan fingerprint density at radius 1 is 1.15 bits per heavy atom. The Kier molecular flexibility index (Phi) is 5.55. The fraction of sp³-hybridized carbons (Fsp3) is 0.630. The number of amides is 3. The van der Waals surface area contributed by atoms with E-state index in [2.05, 4.69) is 30.1 Å². The molecule has 3 atom stereocenters. The van der Waals surface area contributed by atoms with Crippen LogP contribution in [0.1, 0.15) is 45.1 Å². The lowest BCUT2D eigenvalue weighted by molar-refractivity contribution is -0.133. The second-order valence-corrected chi connectivity index (χ2v) is 11.2. The zero-order chi connectivity index (χ0) is 23.4. The van der Waals surface area contributed by atoms with Crippen molar-refractivity contribution in [3.63, 3.8) is 0 Å². The number of urea groups is 1. The molecule has 6 heteroatoms. The van der Waals surface area contributed by atoms with E-state index in [0.29, 0.717) is 11.8 Å². The third-order valence-corrected chi connectivity index (χ3v) is 9.21. The van der Waals surface area contributed by atoms with Gasteiger partial charge in [0.15, 0.2) is 0 Å². The zero-order valence-corrected chi connectivity index (χ0v) is 20.4. The number of piperidine rings is 1. The number of rotatable bonds is 6. The van der Waals surface area contributed by atoms with E-state index in [9.17, 15) is 9.59 Å². The van der Waals surface area contributed by atoms with Gasteiger partial charge in [0.1, 0.15) is 11.3 Å². The molecular weight excluding hydrogens is 414 g/mol. The lowest BCUT2D eigenvalue weighted by Crippen LogP contribution is -2.58. The lowest BCUT2D eigenvalue weighted by Gasteiger charge is -2.57. The third-order valence-electron chi connectivity index (χ3n) is 9.21. The number of nitrogens with one attached hydrogen (secondary N) is 1. The molecule has 5 aliphatic rings. The quantitative estimate of drug-likeness (QED) is 0.527. The number of imide groups is 1. The largest absolute Gasteiger partial charge is 0.497 e.